The highest BCUT2D eigenvalue weighted by Crippen LogP contribution is 2.59. The van der Waals surface area contributed by atoms with Gasteiger partial charge in [-0.2, -0.15) is 96.6 Å². The maximum Gasteiger partial charge on any atom is 0.473 e. The highest BCUT2D eigenvalue weighted by Gasteiger charge is 2.90. The zero-order valence-electron chi connectivity index (χ0n) is 19.3. The van der Waals surface area contributed by atoms with Gasteiger partial charge in [0.05, 0.1) is 11.1 Å². The lowest BCUT2D eigenvalue weighted by atomic mass is 10.0. The molecule has 0 atom stereocenters. The van der Waals surface area contributed by atoms with Crippen LogP contribution in [0.15, 0.2) is 24.3 Å². The van der Waals surface area contributed by atoms with Crippen molar-refractivity contribution in [2.75, 3.05) is 0 Å². The summed E-state index contributed by atoms with van der Waals surface area (Å²) in [7, 11) is 0. The van der Waals surface area contributed by atoms with Crippen molar-refractivity contribution >= 4 is 11.9 Å². The Hall–Kier alpha value is -3.38. The van der Waals surface area contributed by atoms with E-state index in [1.165, 1.54) is 0 Å². The Bertz CT molecular complexity index is 1150. The van der Waals surface area contributed by atoms with E-state index >= 15 is 0 Å². The van der Waals surface area contributed by atoms with Gasteiger partial charge in [-0.25, -0.2) is 9.59 Å². The Balaban J connectivity index is 3.51. The number of hydrogen-bond acceptors (Lipinski definition) is 4. The molecule has 0 aliphatic heterocycles. The molecule has 1 aromatic rings. The minimum absolute atomic E-state index is 0.237. The zero-order valence-corrected chi connectivity index (χ0v) is 19.3. The summed E-state index contributed by atoms with van der Waals surface area (Å²) < 4.78 is 291. The molecule has 1 rings (SSSR count). The van der Waals surface area contributed by atoms with Crippen molar-refractivity contribution in [3.63, 3.8) is 0 Å². The predicted octanol–water partition coefficient (Wildman–Crippen LogP) is 8.12. The second-order valence-electron chi connectivity index (χ2n) is 7.80. The molecule has 0 spiro atoms. The van der Waals surface area contributed by atoms with Crippen LogP contribution in [0.25, 0.3) is 0 Å². The van der Waals surface area contributed by atoms with Crippen LogP contribution in [0.1, 0.15) is 20.7 Å². The Morgan fingerprint density at radius 2 is 0.614 bits per heavy atom. The van der Waals surface area contributed by atoms with E-state index in [1.807, 2.05) is 0 Å². The van der Waals surface area contributed by atoms with Gasteiger partial charge in [0.2, 0.25) is 0 Å². The third kappa shape index (κ3) is 5.74. The number of esters is 2. The highest BCUT2D eigenvalue weighted by atomic mass is 19.4. The lowest BCUT2D eigenvalue weighted by molar-refractivity contribution is -0.448. The first-order valence-corrected chi connectivity index (χ1v) is 9.71. The van der Waals surface area contributed by atoms with Gasteiger partial charge in [-0.1, -0.05) is 12.1 Å². The second kappa shape index (κ2) is 10.6. The molecule has 4 nitrogen and oxygen atoms in total. The van der Waals surface area contributed by atoms with Gasteiger partial charge >= 0.3 is 72.0 Å². The number of ether oxygens (including phenoxy) is 2. The summed E-state index contributed by atoms with van der Waals surface area (Å²) in [4.78, 5) is 23.6. The van der Waals surface area contributed by atoms with Gasteiger partial charge in [-0.3, -0.25) is 0 Å². The Morgan fingerprint density at radius 3 is 0.818 bits per heavy atom. The fraction of sp³-hybridized carbons (Fsp3) is 0.556. The first-order chi connectivity index (χ1) is 19.0. The molecule has 0 amide bonds. The molecule has 0 bridgehead atoms. The number of hydrogen-bond donors (Lipinski definition) is 0. The molecule has 44 heavy (non-hydrogen) atoms. The van der Waals surface area contributed by atoms with Crippen LogP contribution in [-0.4, -0.2) is 72.0 Å². The fourth-order valence-electron chi connectivity index (χ4n) is 2.43. The molecule has 0 saturated heterocycles. The van der Waals surface area contributed by atoms with Gasteiger partial charge in [0.25, 0.3) is 0 Å². The van der Waals surface area contributed by atoms with Crippen LogP contribution >= 0.6 is 0 Å². The van der Waals surface area contributed by atoms with E-state index in [-0.39, 0.29) is 24.3 Å². The number of carbonyl (C=O) groups is 2. The van der Waals surface area contributed by atoms with Gasteiger partial charge in [-0.05, 0) is 12.1 Å². The molecule has 254 valence electrons. The normalized spacial score (nSPS) is 15.2. The third-order valence-electron chi connectivity index (χ3n) is 4.83. The number of alkyl halides is 22. The smallest absolute Gasteiger partial charge is 0.392 e. The van der Waals surface area contributed by atoms with Gasteiger partial charge in [0.1, 0.15) is 0 Å². The molecular formula is C18H4F22O4. The van der Waals surface area contributed by atoms with Crippen molar-refractivity contribution < 1.29 is 116 Å². The largest absolute Gasteiger partial charge is 0.473 e. The number of benzene rings is 1. The lowest BCUT2D eigenvalue weighted by Gasteiger charge is -2.36. The predicted molar refractivity (Wildman–Crippen MR) is 89.0 cm³/mol. The molecular weight excluding hydrogens is 698 g/mol. The van der Waals surface area contributed by atoms with Gasteiger partial charge in [0.15, 0.2) is 0 Å². The van der Waals surface area contributed by atoms with Crippen molar-refractivity contribution in [1.29, 1.82) is 0 Å². The lowest BCUT2D eigenvalue weighted by Crippen LogP contribution is -2.67. The van der Waals surface area contributed by atoms with Gasteiger partial charge in [-0.15, -0.1) is 0 Å². The molecule has 0 fully saturated rings. The van der Waals surface area contributed by atoms with Crippen molar-refractivity contribution in [1.82, 2.24) is 0 Å². The average Bonchev–Trinajstić information content (AvgIpc) is 2.81. The van der Waals surface area contributed by atoms with E-state index in [4.69, 9.17) is 0 Å². The van der Waals surface area contributed by atoms with E-state index < -0.39 is 83.2 Å². The summed E-state index contributed by atoms with van der Waals surface area (Å²) in [5.74, 6) is -55.3. The molecule has 0 radical (unpaired) electrons. The first kappa shape index (κ1) is 38.6. The molecule has 0 saturated carbocycles. The highest BCUT2D eigenvalue weighted by molar-refractivity contribution is 6.03. The Labute approximate surface area is 224 Å². The number of rotatable bonds is 10. The summed E-state index contributed by atoms with van der Waals surface area (Å²) in [6, 6.07) is -0.0850. The molecule has 0 heterocycles. The van der Waals surface area contributed by atoms with E-state index in [1.54, 1.807) is 0 Å². The van der Waals surface area contributed by atoms with Crippen molar-refractivity contribution in [2.24, 2.45) is 0 Å². The van der Waals surface area contributed by atoms with Gasteiger partial charge < -0.3 is 9.47 Å². The van der Waals surface area contributed by atoms with Crippen LogP contribution in [0.5, 0.6) is 0 Å². The van der Waals surface area contributed by atoms with Crippen molar-refractivity contribution in [3.8, 4) is 0 Å². The summed E-state index contributed by atoms with van der Waals surface area (Å²) in [6.07, 6.45) is -30.3. The third-order valence-corrected chi connectivity index (χ3v) is 4.83. The number of carbonyl (C=O) groups excluding carboxylic acids is 2. The van der Waals surface area contributed by atoms with E-state index in [2.05, 4.69) is 9.47 Å². The van der Waals surface area contributed by atoms with Crippen LogP contribution in [0, 0.1) is 0 Å². The van der Waals surface area contributed by atoms with E-state index in [9.17, 15) is 106 Å². The van der Waals surface area contributed by atoms with Crippen LogP contribution < -0.4 is 0 Å². The van der Waals surface area contributed by atoms with Crippen LogP contribution in [0.3, 0.4) is 0 Å². The first-order valence-electron chi connectivity index (χ1n) is 9.71. The topological polar surface area (TPSA) is 52.6 Å². The summed E-state index contributed by atoms with van der Waals surface area (Å²) >= 11 is 0. The monoisotopic (exact) mass is 702 g/mol. The Morgan fingerprint density at radius 1 is 0.386 bits per heavy atom. The molecule has 0 N–H and O–H groups in total. The molecule has 1 aromatic carbocycles. The van der Waals surface area contributed by atoms with Crippen LogP contribution in [0.4, 0.5) is 96.6 Å². The minimum atomic E-state index is -8.17. The minimum Gasteiger partial charge on any atom is -0.392 e. The summed E-state index contributed by atoms with van der Waals surface area (Å²) in [5, 5.41) is 0. The standard InChI is InChI=1S/C18H4F22O4/c19-9(20,11(23,24)15(31,32)33)13(27,28)17(37,38)43-7(41)5-3-1-2-4-6(5)8(42)44-18(39,40)14(29,30)10(21,22)12(25,26)16(34,35)36/h1-4H. The number of halogens is 22. The summed E-state index contributed by atoms with van der Waals surface area (Å²) in [5.41, 5.74) is -4.68. The molecule has 0 aliphatic rings. The van der Waals surface area contributed by atoms with Crippen LogP contribution in [0.2, 0.25) is 0 Å². The SMILES string of the molecule is O=C(OC(F)(F)C(F)(F)C(F)(F)C(F)(F)C(F)(F)F)c1ccccc1C(=O)OC(F)(F)C(F)(F)C(F)(F)C(F)(F)C(F)(F)F. The maximum absolute atomic E-state index is 13.7. The van der Waals surface area contributed by atoms with Gasteiger partial charge in [0, 0.05) is 0 Å². The van der Waals surface area contributed by atoms with Crippen molar-refractivity contribution in [3.05, 3.63) is 35.4 Å². The van der Waals surface area contributed by atoms with Crippen molar-refractivity contribution in [2.45, 2.75) is 60.1 Å². The average molecular weight is 702 g/mol. The molecule has 0 aliphatic carbocycles. The molecule has 26 heteroatoms. The quantitative estimate of drug-likeness (QED) is 0.183. The second-order valence-corrected chi connectivity index (χ2v) is 7.80. The molecule has 0 aromatic heterocycles. The summed E-state index contributed by atoms with van der Waals surface area (Å²) in [6.45, 7) is 0. The Kier molecular flexibility index (Phi) is 9.32. The van der Waals surface area contributed by atoms with E-state index in [0.29, 0.717) is 0 Å². The fourth-order valence-corrected chi connectivity index (χ4v) is 2.43. The molecule has 0 unspecified atom stereocenters. The van der Waals surface area contributed by atoms with Crippen LogP contribution in [-0.2, 0) is 9.47 Å². The zero-order chi connectivity index (χ0) is 35.6. The van der Waals surface area contributed by atoms with E-state index in [0.717, 1.165) is 0 Å². The maximum atomic E-state index is 13.7.